The highest BCUT2D eigenvalue weighted by atomic mass is 32.2. The summed E-state index contributed by atoms with van der Waals surface area (Å²) in [4.78, 5) is 4.75. The highest BCUT2D eigenvalue weighted by Gasteiger charge is 2.19. The van der Waals surface area contributed by atoms with Gasteiger partial charge in [0.25, 0.3) is 0 Å². The Labute approximate surface area is 138 Å². The fourth-order valence-electron chi connectivity index (χ4n) is 2.76. The Morgan fingerprint density at radius 1 is 1.22 bits per heavy atom. The first kappa shape index (κ1) is 18.3. The van der Waals surface area contributed by atoms with E-state index in [-0.39, 0.29) is 10.8 Å². The van der Waals surface area contributed by atoms with Gasteiger partial charge in [0, 0.05) is 39.3 Å². The second-order valence-electron chi connectivity index (χ2n) is 6.15. The van der Waals surface area contributed by atoms with Gasteiger partial charge in [-0.3, -0.25) is 0 Å². The average molecular weight is 343 g/mol. The van der Waals surface area contributed by atoms with Gasteiger partial charge in [0.1, 0.15) is 5.82 Å². The van der Waals surface area contributed by atoms with Crippen LogP contribution in [0.25, 0.3) is 0 Å². The summed E-state index contributed by atoms with van der Waals surface area (Å²) >= 11 is 0. The Bertz CT molecular complexity index is 601. The Morgan fingerprint density at radius 3 is 2.48 bits per heavy atom. The molecular weight excluding hydrogens is 317 g/mol. The molecule has 0 radical (unpaired) electrons. The number of rotatable bonds is 7. The van der Waals surface area contributed by atoms with E-state index >= 15 is 0 Å². The van der Waals surface area contributed by atoms with E-state index in [1.165, 1.54) is 18.2 Å². The predicted molar refractivity (Wildman–Crippen MR) is 89.3 cm³/mol. The molecular formula is C16H26FN3O2S. The molecule has 1 fully saturated rings. The molecule has 5 nitrogen and oxygen atoms in total. The summed E-state index contributed by atoms with van der Waals surface area (Å²) in [5.41, 5.74) is 0. The first-order valence-electron chi connectivity index (χ1n) is 8.10. The van der Waals surface area contributed by atoms with Crippen molar-refractivity contribution in [2.75, 3.05) is 45.8 Å². The summed E-state index contributed by atoms with van der Waals surface area (Å²) in [6, 6.07) is 5.08. The third-order valence-corrected chi connectivity index (χ3v) is 5.63. The lowest BCUT2D eigenvalue weighted by molar-refractivity contribution is 0.125. The molecule has 0 spiro atoms. The molecule has 2 rings (SSSR count). The fraction of sp³-hybridized carbons (Fsp3) is 0.625. The lowest BCUT2D eigenvalue weighted by Gasteiger charge is -2.35. The van der Waals surface area contributed by atoms with Gasteiger partial charge in [-0.1, -0.05) is 19.9 Å². The topological polar surface area (TPSA) is 52.6 Å². The minimum Gasteiger partial charge on any atom is -0.301 e. The molecule has 1 saturated heterocycles. The molecule has 1 unspecified atom stereocenters. The molecule has 130 valence electrons. The van der Waals surface area contributed by atoms with Gasteiger partial charge >= 0.3 is 0 Å². The highest BCUT2D eigenvalue weighted by molar-refractivity contribution is 7.89. The Morgan fingerprint density at radius 2 is 1.87 bits per heavy atom. The van der Waals surface area contributed by atoms with Crippen LogP contribution in [-0.4, -0.2) is 64.0 Å². The van der Waals surface area contributed by atoms with Crippen molar-refractivity contribution in [2.45, 2.75) is 18.7 Å². The molecule has 1 heterocycles. The SMILES string of the molecule is CCN1CCN(CC(C)CNS(=O)(=O)c2cccc(F)c2)CC1. The van der Waals surface area contributed by atoms with E-state index in [1.54, 1.807) is 0 Å². The van der Waals surface area contributed by atoms with Crippen molar-refractivity contribution in [3.8, 4) is 0 Å². The van der Waals surface area contributed by atoms with Crippen LogP contribution in [0.4, 0.5) is 4.39 Å². The summed E-state index contributed by atoms with van der Waals surface area (Å²) in [6.45, 7) is 10.7. The minimum absolute atomic E-state index is 0.0266. The number of hydrogen-bond donors (Lipinski definition) is 1. The van der Waals surface area contributed by atoms with Crippen LogP contribution in [0.5, 0.6) is 0 Å². The molecule has 1 aromatic carbocycles. The maximum atomic E-state index is 13.2. The van der Waals surface area contributed by atoms with Crippen molar-refractivity contribution < 1.29 is 12.8 Å². The smallest absolute Gasteiger partial charge is 0.240 e. The van der Waals surface area contributed by atoms with Crippen LogP contribution in [0.15, 0.2) is 29.2 Å². The van der Waals surface area contributed by atoms with Gasteiger partial charge in [-0.05, 0) is 30.7 Å². The van der Waals surface area contributed by atoms with Crippen molar-refractivity contribution in [3.63, 3.8) is 0 Å². The van der Waals surface area contributed by atoms with E-state index in [4.69, 9.17) is 0 Å². The number of nitrogens with one attached hydrogen (secondary N) is 1. The standard InChI is InChI=1S/C16H26FN3O2S/c1-3-19-7-9-20(10-8-19)13-14(2)12-18-23(21,22)16-6-4-5-15(17)11-16/h4-6,11,14,18H,3,7-10,12-13H2,1-2H3. The fourth-order valence-corrected chi connectivity index (χ4v) is 3.96. The largest absolute Gasteiger partial charge is 0.301 e. The van der Waals surface area contributed by atoms with Crippen LogP contribution in [0, 0.1) is 11.7 Å². The van der Waals surface area contributed by atoms with E-state index in [1.807, 2.05) is 6.92 Å². The number of sulfonamides is 1. The summed E-state index contributed by atoms with van der Waals surface area (Å²) in [7, 11) is -3.65. The van der Waals surface area contributed by atoms with Crippen LogP contribution in [-0.2, 0) is 10.0 Å². The number of benzene rings is 1. The van der Waals surface area contributed by atoms with Crippen molar-refractivity contribution in [2.24, 2.45) is 5.92 Å². The van der Waals surface area contributed by atoms with Crippen LogP contribution in [0.1, 0.15) is 13.8 Å². The molecule has 0 aromatic heterocycles. The summed E-state index contributed by atoms with van der Waals surface area (Å²) in [5.74, 6) is -0.346. The second-order valence-corrected chi connectivity index (χ2v) is 7.92. The molecule has 1 aliphatic rings. The third kappa shape index (κ3) is 5.53. The Kier molecular flexibility index (Phi) is 6.52. The predicted octanol–water partition coefficient (Wildman–Crippen LogP) is 1.38. The lowest BCUT2D eigenvalue weighted by atomic mass is 10.1. The maximum Gasteiger partial charge on any atom is 0.240 e. The molecule has 0 amide bonds. The van der Waals surface area contributed by atoms with Gasteiger partial charge in [-0.2, -0.15) is 0 Å². The van der Waals surface area contributed by atoms with Crippen LogP contribution in [0.2, 0.25) is 0 Å². The average Bonchev–Trinajstić information content (AvgIpc) is 2.54. The molecule has 7 heteroatoms. The highest BCUT2D eigenvalue weighted by Crippen LogP contribution is 2.11. The zero-order valence-corrected chi connectivity index (χ0v) is 14.7. The van der Waals surface area contributed by atoms with Crippen molar-refractivity contribution in [3.05, 3.63) is 30.1 Å². The van der Waals surface area contributed by atoms with Crippen LogP contribution >= 0.6 is 0 Å². The van der Waals surface area contributed by atoms with Crippen molar-refractivity contribution in [1.29, 1.82) is 0 Å². The van der Waals surface area contributed by atoms with Gasteiger partial charge in [-0.15, -0.1) is 0 Å². The molecule has 0 saturated carbocycles. The number of hydrogen-bond acceptors (Lipinski definition) is 4. The maximum absolute atomic E-state index is 13.2. The molecule has 1 atom stereocenters. The quantitative estimate of drug-likeness (QED) is 0.813. The van der Waals surface area contributed by atoms with E-state index < -0.39 is 15.8 Å². The summed E-state index contributed by atoms with van der Waals surface area (Å²) < 4.78 is 40.1. The first-order chi connectivity index (χ1) is 10.9. The zero-order valence-electron chi connectivity index (χ0n) is 13.8. The monoisotopic (exact) mass is 343 g/mol. The van der Waals surface area contributed by atoms with Crippen LogP contribution in [0.3, 0.4) is 0 Å². The van der Waals surface area contributed by atoms with Crippen LogP contribution < -0.4 is 4.72 Å². The Balaban J connectivity index is 1.81. The molecule has 1 N–H and O–H groups in total. The molecule has 1 aromatic rings. The Hall–Kier alpha value is -1.02. The first-order valence-corrected chi connectivity index (χ1v) is 9.59. The van der Waals surface area contributed by atoms with Gasteiger partial charge < -0.3 is 9.80 Å². The van der Waals surface area contributed by atoms with Crippen molar-refractivity contribution in [1.82, 2.24) is 14.5 Å². The number of halogens is 1. The second kappa shape index (κ2) is 8.19. The molecule has 1 aliphatic heterocycles. The molecule has 0 aliphatic carbocycles. The number of nitrogens with zero attached hydrogens (tertiary/aromatic N) is 2. The third-order valence-electron chi connectivity index (χ3n) is 4.21. The zero-order chi connectivity index (χ0) is 16.9. The van der Waals surface area contributed by atoms with Gasteiger partial charge in [0.05, 0.1) is 4.90 Å². The van der Waals surface area contributed by atoms with E-state index in [0.717, 1.165) is 45.3 Å². The minimum atomic E-state index is -3.65. The van der Waals surface area contributed by atoms with Gasteiger partial charge in [-0.25, -0.2) is 17.5 Å². The number of likely N-dealkylation sites (N-methyl/N-ethyl adjacent to an activating group) is 1. The lowest BCUT2D eigenvalue weighted by Crippen LogP contribution is -2.48. The van der Waals surface area contributed by atoms with Gasteiger partial charge in [0.15, 0.2) is 0 Å². The van der Waals surface area contributed by atoms with E-state index in [0.29, 0.717) is 6.54 Å². The van der Waals surface area contributed by atoms with Crippen molar-refractivity contribution >= 4 is 10.0 Å². The van der Waals surface area contributed by atoms with Gasteiger partial charge in [0.2, 0.25) is 10.0 Å². The molecule has 0 bridgehead atoms. The van der Waals surface area contributed by atoms with E-state index in [9.17, 15) is 12.8 Å². The normalized spacial score (nSPS) is 18.9. The van der Waals surface area contributed by atoms with E-state index in [2.05, 4.69) is 21.4 Å². The summed E-state index contributed by atoms with van der Waals surface area (Å²) in [6.07, 6.45) is 0. The molecule has 23 heavy (non-hydrogen) atoms. The number of piperazine rings is 1. The summed E-state index contributed by atoms with van der Waals surface area (Å²) in [5, 5.41) is 0.